The highest BCUT2D eigenvalue weighted by molar-refractivity contribution is 5.83. The summed E-state index contributed by atoms with van der Waals surface area (Å²) in [5, 5.41) is 8.43. The van der Waals surface area contributed by atoms with E-state index in [-0.39, 0.29) is 0 Å². The number of aromatic nitrogens is 3. The van der Waals surface area contributed by atoms with Gasteiger partial charge in [-0.15, -0.1) is 10.2 Å². The van der Waals surface area contributed by atoms with Gasteiger partial charge < -0.3 is 0 Å². The van der Waals surface area contributed by atoms with Gasteiger partial charge in [0.15, 0.2) is 11.9 Å². The zero-order valence-electron chi connectivity index (χ0n) is 9.67. The lowest BCUT2D eigenvalue weighted by Crippen LogP contribution is -2.08. The van der Waals surface area contributed by atoms with E-state index in [9.17, 15) is 4.79 Å². The largest absolute Gasteiger partial charge is 0.298 e. The lowest BCUT2D eigenvalue weighted by atomic mass is 9.89. The molecule has 1 aliphatic carbocycles. The lowest BCUT2D eigenvalue weighted by Gasteiger charge is -2.19. The number of carbonyl (C=O) groups is 1. The van der Waals surface area contributed by atoms with Crippen LogP contribution in [0, 0.1) is 0 Å². The summed E-state index contributed by atoms with van der Waals surface area (Å²) in [4.78, 5) is 10.9. The maximum absolute atomic E-state index is 10.9. The second kappa shape index (κ2) is 4.28. The molecule has 4 heteroatoms. The predicted octanol–water partition coefficient (Wildman–Crippen LogP) is 2.59. The van der Waals surface area contributed by atoms with Crippen molar-refractivity contribution < 1.29 is 4.79 Å². The molecule has 1 aliphatic rings. The van der Waals surface area contributed by atoms with Crippen LogP contribution < -0.4 is 0 Å². The summed E-state index contributed by atoms with van der Waals surface area (Å²) in [7, 11) is 0. The Morgan fingerprint density at radius 1 is 1.24 bits per heavy atom. The van der Waals surface area contributed by atoms with Crippen molar-refractivity contribution in [2.24, 2.45) is 0 Å². The van der Waals surface area contributed by atoms with Crippen molar-refractivity contribution in [1.29, 1.82) is 0 Å². The van der Waals surface area contributed by atoms with Crippen LogP contribution in [-0.4, -0.2) is 20.9 Å². The summed E-state index contributed by atoms with van der Waals surface area (Å²) in [5.74, 6) is 1.52. The summed E-state index contributed by atoms with van der Waals surface area (Å²) in [5.41, 5.74) is 1.30. The van der Waals surface area contributed by atoms with Gasteiger partial charge in [-0.1, -0.05) is 19.3 Å². The van der Waals surface area contributed by atoms with Crippen LogP contribution in [-0.2, 0) is 0 Å². The first-order valence-corrected chi connectivity index (χ1v) is 6.19. The van der Waals surface area contributed by atoms with E-state index in [1.165, 1.54) is 32.1 Å². The fraction of sp³-hybridized carbons (Fsp3) is 0.462. The normalized spacial score (nSPS) is 17.4. The van der Waals surface area contributed by atoms with Crippen molar-refractivity contribution in [2.75, 3.05) is 0 Å². The van der Waals surface area contributed by atoms with Gasteiger partial charge in [0, 0.05) is 12.1 Å². The molecule has 4 nitrogen and oxygen atoms in total. The molecule has 2 aromatic heterocycles. The van der Waals surface area contributed by atoms with Gasteiger partial charge in [-0.2, -0.15) is 0 Å². The van der Waals surface area contributed by atoms with E-state index in [4.69, 9.17) is 0 Å². The summed E-state index contributed by atoms with van der Waals surface area (Å²) in [6.45, 7) is 0. The van der Waals surface area contributed by atoms with Gasteiger partial charge in [-0.05, 0) is 25.0 Å². The number of nitrogens with zero attached hydrogens (tertiary/aromatic N) is 3. The summed E-state index contributed by atoms with van der Waals surface area (Å²) in [6.07, 6.45) is 9.03. The van der Waals surface area contributed by atoms with E-state index >= 15 is 0 Å². The Hall–Kier alpha value is -1.71. The highest BCUT2D eigenvalue weighted by atomic mass is 16.1. The van der Waals surface area contributed by atoms with Gasteiger partial charge in [-0.3, -0.25) is 9.20 Å². The average Bonchev–Trinajstić information content (AvgIpc) is 2.83. The van der Waals surface area contributed by atoms with Crippen molar-refractivity contribution in [1.82, 2.24) is 14.6 Å². The van der Waals surface area contributed by atoms with E-state index in [0.717, 1.165) is 12.1 Å². The van der Waals surface area contributed by atoms with Crippen LogP contribution in [0.2, 0.25) is 0 Å². The fourth-order valence-electron chi connectivity index (χ4n) is 2.69. The van der Waals surface area contributed by atoms with Crippen LogP contribution in [0.1, 0.15) is 54.2 Å². The average molecular weight is 229 g/mol. The van der Waals surface area contributed by atoms with Gasteiger partial charge in [0.2, 0.25) is 0 Å². The van der Waals surface area contributed by atoms with Gasteiger partial charge in [0.25, 0.3) is 0 Å². The Balaban J connectivity index is 2.08. The Morgan fingerprint density at radius 2 is 2.06 bits per heavy atom. The van der Waals surface area contributed by atoms with E-state index in [1.807, 2.05) is 16.7 Å². The second-order valence-electron chi connectivity index (χ2n) is 4.67. The minimum Gasteiger partial charge on any atom is -0.298 e. The van der Waals surface area contributed by atoms with E-state index < -0.39 is 0 Å². The van der Waals surface area contributed by atoms with Crippen molar-refractivity contribution in [3.8, 4) is 0 Å². The lowest BCUT2D eigenvalue weighted by molar-refractivity contribution is 0.112. The first-order chi connectivity index (χ1) is 8.40. The summed E-state index contributed by atoms with van der Waals surface area (Å²) < 4.78 is 1.97. The standard InChI is InChI=1S/C13H15N3O/c17-9-11-7-4-8-16-12(14-15-13(11)16)10-5-2-1-3-6-10/h4,7-10H,1-3,5-6H2. The molecule has 0 N–H and O–H groups in total. The molecule has 2 aromatic rings. The van der Waals surface area contributed by atoms with Gasteiger partial charge in [-0.25, -0.2) is 0 Å². The molecule has 0 amide bonds. The molecule has 3 rings (SSSR count). The van der Waals surface area contributed by atoms with Crippen LogP contribution >= 0.6 is 0 Å². The highest BCUT2D eigenvalue weighted by Crippen LogP contribution is 2.31. The van der Waals surface area contributed by atoms with Crippen molar-refractivity contribution in [3.63, 3.8) is 0 Å². The number of hydrogen-bond acceptors (Lipinski definition) is 3. The minimum absolute atomic E-state index is 0.501. The Morgan fingerprint density at radius 3 is 2.82 bits per heavy atom. The van der Waals surface area contributed by atoms with Crippen molar-refractivity contribution in [3.05, 3.63) is 29.7 Å². The first-order valence-electron chi connectivity index (χ1n) is 6.19. The molecule has 1 fully saturated rings. The molecule has 0 atom stereocenters. The third-order valence-electron chi connectivity index (χ3n) is 3.59. The number of rotatable bonds is 2. The van der Waals surface area contributed by atoms with Crippen molar-refractivity contribution in [2.45, 2.75) is 38.0 Å². The molecule has 0 aliphatic heterocycles. The van der Waals surface area contributed by atoms with Crippen LogP contribution in [0.5, 0.6) is 0 Å². The third-order valence-corrected chi connectivity index (χ3v) is 3.59. The van der Waals surface area contributed by atoms with Crippen LogP contribution in [0.4, 0.5) is 0 Å². The smallest absolute Gasteiger partial charge is 0.171 e. The fourth-order valence-corrected chi connectivity index (χ4v) is 2.69. The molecular formula is C13H15N3O. The summed E-state index contributed by atoms with van der Waals surface area (Å²) in [6, 6.07) is 3.66. The van der Waals surface area contributed by atoms with Crippen LogP contribution in [0.15, 0.2) is 18.3 Å². The second-order valence-corrected chi connectivity index (χ2v) is 4.67. The number of fused-ring (bicyclic) bond motifs is 1. The number of carbonyl (C=O) groups excluding carboxylic acids is 1. The molecule has 88 valence electrons. The maximum atomic E-state index is 10.9. The quantitative estimate of drug-likeness (QED) is 0.743. The molecule has 17 heavy (non-hydrogen) atoms. The van der Waals surface area contributed by atoms with Crippen molar-refractivity contribution >= 4 is 11.9 Å². The topological polar surface area (TPSA) is 47.3 Å². The first kappa shape index (κ1) is 10.4. The Labute approximate surface area is 99.7 Å². The van der Waals surface area contributed by atoms with Gasteiger partial charge in [0.1, 0.15) is 5.82 Å². The van der Waals surface area contributed by atoms with Crippen LogP contribution in [0.25, 0.3) is 5.65 Å². The molecule has 2 heterocycles. The zero-order valence-corrected chi connectivity index (χ0v) is 9.67. The summed E-state index contributed by atoms with van der Waals surface area (Å²) >= 11 is 0. The maximum Gasteiger partial charge on any atom is 0.171 e. The van der Waals surface area contributed by atoms with E-state index in [0.29, 0.717) is 17.1 Å². The molecule has 0 radical (unpaired) electrons. The SMILES string of the molecule is O=Cc1cccn2c(C3CCCCC3)nnc12. The van der Waals surface area contributed by atoms with E-state index in [1.54, 1.807) is 6.07 Å². The Bertz CT molecular complexity index is 541. The predicted molar refractivity (Wildman–Crippen MR) is 64.2 cm³/mol. The number of pyridine rings is 1. The molecular weight excluding hydrogens is 214 g/mol. The number of aldehydes is 1. The Kier molecular flexibility index (Phi) is 2.63. The monoisotopic (exact) mass is 229 g/mol. The molecule has 0 aromatic carbocycles. The van der Waals surface area contributed by atoms with Gasteiger partial charge >= 0.3 is 0 Å². The highest BCUT2D eigenvalue weighted by Gasteiger charge is 2.21. The molecule has 1 saturated carbocycles. The van der Waals surface area contributed by atoms with Crippen LogP contribution in [0.3, 0.4) is 0 Å². The number of hydrogen-bond donors (Lipinski definition) is 0. The van der Waals surface area contributed by atoms with Gasteiger partial charge in [0.05, 0.1) is 5.56 Å². The molecule has 0 spiro atoms. The van der Waals surface area contributed by atoms with E-state index in [2.05, 4.69) is 10.2 Å². The molecule has 0 unspecified atom stereocenters. The minimum atomic E-state index is 0.501. The third kappa shape index (κ3) is 1.73. The molecule has 0 bridgehead atoms. The molecule has 0 saturated heterocycles. The zero-order chi connectivity index (χ0) is 11.7.